The molecule has 2 aromatic carbocycles. The van der Waals surface area contributed by atoms with Crippen molar-refractivity contribution in [2.24, 2.45) is 0 Å². The predicted molar refractivity (Wildman–Crippen MR) is 78.2 cm³/mol. The van der Waals surface area contributed by atoms with Crippen LogP contribution in [0.5, 0.6) is 11.5 Å². The zero-order valence-corrected chi connectivity index (χ0v) is 12.2. The van der Waals surface area contributed by atoms with Crippen molar-refractivity contribution in [3.8, 4) is 11.5 Å². The first kappa shape index (κ1) is 14.7. The molecule has 2 nitrogen and oxygen atoms in total. The Morgan fingerprint density at radius 1 is 1.05 bits per heavy atom. The van der Waals surface area contributed by atoms with Gasteiger partial charge >= 0.3 is 0 Å². The summed E-state index contributed by atoms with van der Waals surface area (Å²) in [6.45, 7) is 0. The first-order valence-electron chi connectivity index (χ1n) is 6.24. The van der Waals surface area contributed by atoms with Gasteiger partial charge in [-0.3, -0.25) is 0 Å². The summed E-state index contributed by atoms with van der Waals surface area (Å²) >= 11 is 6.32. The van der Waals surface area contributed by atoms with Gasteiger partial charge in [-0.2, -0.15) is 0 Å². The summed E-state index contributed by atoms with van der Waals surface area (Å²) in [5, 5.41) is -0.437. The van der Waals surface area contributed by atoms with Gasteiger partial charge in [0, 0.05) is 11.6 Å². The molecule has 4 heteroatoms. The van der Waals surface area contributed by atoms with Gasteiger partial charge in [0.05, 0.1) is 19.6 Å². The second-order valence-electron chi connectivity index (χ2n) is 4.41. The van der Waals surface area contributed by atoms with E-state index >= 15 is 0 Å². The molecule has 0 aromatic heterocycles. The lowest BCUT2D eigenvalue weighted by Crippen LogP contribution is -2.00. The molecule has 1 unspecified atom stereocenters. The Balaban J connectivity index is 2.16. The fraction of sp³-hybridized carbons (Fsp3) is 0.250. The highest BCUT2D eigenvalue weighted by molar-refractivity contribution is 6.20. The van der Waals surface area contributed by atoms with Crippen molar-refractivity contribution in [1.29, 1.82) is 0 Å². The number of alkyl halides is 1. The molecule has 2 rings (SSSR count). The smallest absolute Gasteiger partial charge is 0.131 e. The fourth-order valence-corrected chi connectivity index (χ4v) is 2.36. The maximum atomic E-state index is 13.9. The minimum Gasteiger partial charge on any atom is -0.497 e. The maximum absolute atomic E-state index is 13.9. The maximum Gasteiger partial charge on any atom is 0.131 e. The molecule has 0 saturated heterocycles. The normalized spacial score (nSPS) is 12.0. The number of ether oxygens (including phenoxy) is 2. The van der Waals surface area contributed by atoms with E-state index in [9.17, 15) is 4.39 Å². The largest absolute Gasteiger partial charge is 0.497 e. The van der Waals surface area contributed by atoms with Crippen LogP contribution in [0.25, 0.3) is 0 Å². The zero-order chi connectivity index (χ0) is 14.5. The molecule has 0 amide bonds. The number of methoxy groups -OCH3 is 2. The van der Waals surface area contributed by atoms with Crippen LogP contribution >= 0.6 is 11.6 Å². The number of rotatable bonds is 5. The van der Waals surface area contributed by atoms with E-state index in [1.165, 1.54) is 13.2 Å². The van der Waals surface area contributed by atoms with E-state index in [4.69, 9.17) is 21.1 Å². The summed E-state index contributed by atoms with van der Waals surface area (Å²) in [6, 6.07) is 12.3. The van der Waals surface area contributed by atoms with Crippen molar-refractivity contribution < 1.29 is 13.9 Å². The van der Waals surface area contributed by atoms with Gasteiger partial charge in [-0.1, -0.05) is 18.2 Å². The fourth-order valence-electron chi connectivity index (χ4n) is 2.01. The molecule has 0 aliphatic carbocycles. The minimum absolute atomic E-state index is 0.354. The van der Waals surface area contributed by atoms with Crippen LogP contribution in [0.1, 0.15) is 16.5 Å². The van der Waals surface area contributed by atoms with Crippen LogP contribution in [-0.2, 0) is 6.42 Å². The lowest BCUT2D eigenvalue weighted by atomic mass is 10.0. The number of hydrogen-bond donors (Lipinski definition) is 0. The molecular weight excluding hydrogens is 279 g/mol. The van der Waals surface area contributed by atoms with E-state index in [-0.39, 0.29) is 5.82 Å². The molecular formula is C16H16ClFO2. The third-order valence-corrected chi connectivity index (χ3v) is 3.48. The van der Waals surface area contributed by atoms with Crippen LogP contribution in [0, 0.1) is 5.82 Å². The number of halogens is 2. The van der Waals surface area contributed by atoms with Gasteiger partial charge in [0.2, 0.25) is 0 Å². The van der Waals surface area contributed by atoms with Gasteiger partial charge in [0.15, 0.2) is 0 Å². The van der Waals surface area contributed by atoms with Gasteiger partial charge in [-0.25, -0.2) is 4.39 Å². The Morgan fingerprint density at radius 2 is 1.75 bits per heavy atom. The Labute approximate surface area is 123 Å². The van der Waals surface area contributed by atoms with Crippen molar-refractivity contribution in [3.63, 3.8) is 0 Å². The number of benzene rings is 2. The monoisotopic (exact) mass is 294 g/mol. The van der Waals surface area contributed by atoms with Gasteiger partial charge in [0.1, 0.15) is 17.3 Å². The van der Waals surface area contributed by atoms with Gasteiger partial charge in [-0.05, 0) is 30.2 Å². The summed E-state index contributed by atoms with van der Waals surface area (Å²) in [6.07, 6.45) is 0.530. The molecule has 0 radical (unpaired) electrons. The third kappa shape index (κ3) is 3.42. The second-order valence-corrected chi connectivity index (χ2v) is 4.94. The summed E-state index contributed by atoms with van der Waals surface area (Å²) in [7, 11) is 3.11. The van der Waals surface area contributed by atoms with E-state index in [2.05, 4.69) is 0 Å². The summed E-state index contributed by atoms with van der Waals surface area (Å²) in [5.41, 5.74) is 1.47. The summed E-state index contributed by atoms with van der Waals surface area (Å²) in [4.78, 5) is 0. The molecule has 0 bridgehead atoms. The minimum atomic E-state index is -0.437. The van der Waals surface area contributed by atoms with E-state index in [1.807, 2.05) is 24.3 Å². The van der Waals surface area contributed by atoms with Crippen molar-refractivity contribution >= 4 is 11.6 Å². The third-order valence-electron chi connectivity index (χ3n) is 3.09. The molecule has 2 aromatic rings. The van der Waals surface area contributed by atoms with Crippen LogP contribution in [0.2, 0.25) is 0 Å². The molecule has 0 fully saturated rings. The van der Waals surface area contributed by atoms with Crippen molar-refractivity contribution in [2.75, 3.05) is 14.2 Å². The second kappa shape index (κ2) is 6.62. The van der Waals surface area contributed by atoms with E-state index in [0.29, 0.717) is 17.7 Å². The molecule has 0 spiro atoms. The predicted octanol–water partition coefficient (Wildman–Crippen LogP) is 4.37. The van der Waals surface area contributed by atoms with E-state index in [0.717, 1.165) is 11.3 Å². The van der Waals surface area contributed by atoms with Gasteiger partial charge in [0.25, 0.3) is 0 Å². The molecule has 20 heavy (non-hydrogen) atoms. The average Bonchev–Trinajstić information content (AvgIpc) is 2.47. The average molecular weight is 295 g/mol. The molecule has 0 aliphatic rings. The van der Waals surface area contributed by atoms with E-state index in [1.54, 1.807) is 19.2 Å². The van der Waals surface area contributed by atoms with Crippen LogP contribution < -0.4 is 9.47 Å². The highest BCUT2D eigenvalue weighted by Gasteiger charge is 2.14. The standard InChI is InChI=1S/C16H16ClFO2/c1-19-12-5-3-4-11(8-12)9-15(17)14-7-6-13(20-2)10-16(14)18/h3-8,10,15H,9H2,1-2H3. The SMILES string of the molecule is COc1cccc(CC(Cl)c2ccc(OC)cc2F)c1. The molecule has 0 heterocycles. The Hall–Kier alpha value is -1.74. The summed E-state index contributed by atoms with van der Waals surface area (Å²) in [5.74, 6) is 0.894. The van der Waals surface area contributed by atoms with Crippen molar-refractivity contribution in [3.05, 3.63) is 59.4 Å². The van der Waals surface area contributed by atoms with Crippen molar-refractivity contribution in [1.82, 2.24) is 0 Å². The topological polar surface area (TPSA) is 18.5 Å². The van der Waals surface area contributed by atoms with Crippen LogP contribution in [-0.4, -0.2) is 14.2 Å². The van der Waals surface area contributed by atoms with Crippen molar-refractivity contribution in [2.45, 2.75) is 11.8 Å². The molecule has 1 atom stereocenters. The Bertz CT molecular complexity index is 586. The molecule has 106 valence electrons. The molecule has 0 N–H and O–H groups in total. The Morgan fingerprint density at radius 3 is 2.40 bits per heavy atom. The Kier molecular flexibility index (Phi) is 4.85. The first-order valence-corrected chi connectivity index (χ1v) is 6.68. The summed E-state index contributed by atoms with van der Waals surface area (Å²) < 4.78 is 24.1. The number of hydrogen-bond acceptors (Lipinski definition) is 2. The molecule has 0 saturated carbocycles. The molecule has 0 aliphatic heterocycles. The highest BCUT2D eigenvalue weighted by atomic mass is 35.5. The van der Waals surface area contributed by atoms with Crippen LogP contribution in [0.4, 0.5) is 4.39 Å². The highest BCUT2D eigenvalue weighted by Crippen LogP contribution is 2.30. The van der Waals surface area contributed by atoms with Crippen LogP contribution in [0.15, 0.2) is 42.5 Å². The van der Waals surface area contributed by atoms with E-state index < -0.39 is 5.38 Å². The van der Waals surface area contributed by atoms with Gasteiger partial charge in [-0.15, -0.1) is 11.6 Å². The van der Waals surface area contributed by atoms with Gasteiger partial charge < -0.3 is 9.47 Å². The lowest BCUT2D eigenvalue weighted by Gasteiger charge is -2.12. The van der Waals surface area contributed by atoms with Crippen LogP contribution in [0.3, 0.4) is 0 Å². The quantitative estimate of drug-likeness (QED) is 0.763. The lowest BCUT2D eigenvalue weighted by molar-refractivity contribution is 0.410. The first-order chi connectivity index (χ1) is 9.63. The zero-order valence-electron chi connectivity index (χ0n) is 11.4.